The van der Waals surface area contributed by atoms with E-state index >= 15 is 0 Å². The van der Waals surface area contributed by atoms with Gasteiger partial charge in [0.2, 0.25) is 10.0 Å². The second-order valence-electron chi connectivity index (χ2n) is 7.03. The molecule has 0 spiro atoms. The van der Waals surface area contributed by atoms with E-state index in [0.29, 0.717) is 25.0 Å². The summed E-state index contributed by atoms with van der Waals surface area (Å²) >= 11 is 0. The average Bonchev–Trinajstić information content (AvgIpc) is 2.87. The maximum Gasteiger partial charge on any atom is 0.211 e. The molecule has 0 aromatic rings. The highest BCUT2D eigenvalue weighted by molar-refractivity contribution is 7.88. The Morgan fingerprint density at radius 2 is 1.76 bits per heavy atom. The van der Waals surface area contributed by atoms with E-state index in [1.807, 2.05) is 0 Å². The zero-order valence-corrected chi connectivity index (χ0v) is 14.5. The summed E-state index contributed by atoms with van der Waals surface area (Å²) in [4.78, 5) is 2.54. The first kappa shape index (κ1) is 17.2. The van der Waals surface area contributed by atoms with Gasteiger partial charge < -0.3 is 10.2 Å². The number of sulfonamides is 1. The Labute approximate surface area is 130 Å². The van der Waals surface area contributed by atoms with Crippen LogP contribution < -0.4 is 5.32 Å². The van der Waals surface area contributed by atoms with Gasteiger partial charge in [-0.2, -0.15) is 0 Å². The monoisotopic (exact) mass is 317 g/mol. The summed E-state index contributed by atoms with van der Waals surface area (Å²) in [6, 6.07) is 0.650. The summed E-state index contributed by atoms with van der Waals surface area (Å²) in [5.74, 6) is 1.22. The van der Waals surface area contributed by atoms with E-state index in [9.17, 15) is 8.42 Å². The Morgan fingerprint density at radius 1 is 1.10 bits per heavy atom. The molecule has 1 N–H and O–H groups in total. The molecule has 0 amide bonds. The lowest BCUT2D eigenvalue weighted by Crippen LogP contribution is -2.43. The first-order chi connectivity index (χ1) is 9.86. The van der Waals surface area contributed by atoms with Gasteiger partial charge >= 0.3 is 0 Å². The molecule has 0 radical (unpaired) electrons. The lowest BCUT2D eigenvalue weighted by atomic mass is 9.99. The van der Waals surface area contributed by atoms with E-state index in [2.05, 4.69) is 24.1 Å². The highest BCUT2D eigenvalue weighted by Crippen LogP contribution is 2.20. The van der Waals surface area contributed by atoms with Crippen molar-refractivity contribution in [3.8, 4) is 0 Å². The lowest BCUT2D eigenvalue weighted by molar-refractivity contribution is 0.250. The minimum atomic E-state index is -3.02. The number of rotatable bonds is 6. The van der Waals surface area contributed by atoms with Crippen LogP contribution in [0.2, 0.25) is 0 Å². The highest BCUT2D eigenvalue weighted by atomic mass is 32.2. The molecule has 21 heavy (non-hydrogen) atoms. The molecule has 0 aliphatic carbocycles. The van der Waals surface area contributed by atoms with Crippen molar-refractivity contribution in [3.63, 3.8) is 0 Å². The summed E-state index contributed by atoms with van der Waals surface area (Å²) in [6.45, 7) is 10.3. The number of nitrogens with zero attached hydrogens (tertiary/aromatic N) is 2. The van der Waals surface area contributed by atoms with Crippen LogP contribution in [0.3, 0.4) is 0 Å². The quantitative estimate of drug-likeness (QED) is 0.793. The molecule has 2 aliphatic rings. The lowest BCUT2D eigenvalue weighted by Gasteiger charge is -2.31. The molecule has 5 nitrogen and oxygen atoms in total. The smallest absolute Gasteiger partial charge is 0.211 e. The molecule has 2 aliphatic heterocycles. The molecule has 0 saturated carbocycles. The number of likely N-dealkylation sites (tertiary alicyclic amines) is 1. The maximum atomic E-state index is 11.6. The fourth-order valence-corrected chi connectivity index (χ4v) is 4.43. The second-order valence-corrected chi connectivity index (χ2v) is 9.01. The van der Waals surface area contributed by atoms with E-state index in [1.54, 1.807) is 4.31 Å². The first-order valence-corrected chi connectivity index (χ1v) is 10.1. The Morgan fingerprint density at radius 3 is 2.33 bits per heavy atom. The predicted octanol–water partition coefficient (Wildman–Crippen LogP) is 0.978. The second kappa shape index (κ2) is 7.40. The summed E-state index contributed by atoms with van der Waals surface area (Å²) in [5.41, 5.74) is 0. The van der Waals surface area contributed by atoms with Crippen LogP contribution in [0.1, 0.15) is 33.1 Å². The van der Waals surface area contributed by atoms with Crippen molar-refractivity contribution < 1.29 is 8.42 Å². The molecule has 2 saturated heterocycles. The Balaban J connectivity index is 1.67. The van der Waals surface area contributed by atoms with E-state index in [-0.39, 0.29) is 0 Å². The minimum absolute atomic E-state index is 0.469. The SMILES string of the molecule is CC(C)N1CCC(CNCC2CCCN(S(C)(=O)=O)C2)C1. The number of hydrogen-bond donors (Lipinski definition) is 1. The summed E-state index contributed by atoms with van der Waals surface area (Å²) in [6.07, 6.45) is 4.74. The van der Waals surface area contributed by atoms with E-state index < -0.39 is 10.0 Å². The third kappa shape index (κ3) is 5.20. The van der Waals surface area contributed by atoms with Gasteiger partial charge in [0, 0.05) is 25.7 Å². The van der Waals surface area contributed by atoms with Gasteiger partial charge in [-0.1, -0.05) is 0 Å². The van der Waals surface area contributed by atoms with Crippen molar-refractivity contribution >= 4 is 10.0 Å². The molecule has 6 heteroatoms. The zero-order chi connectivity index (χ0) is 15.5. The third-order valence-electron chi connectivity index (χ3n) is 4.86. The van der Waals surface area contributed by atoms with Gasteiger partial charge in [0.15, 0.2) is 0 Å². The van der Waals surface area contributed by atoms with Gasteiger partial charge in [0.05, 0.1) is 6.26 Å². The van der Waals surface area contributed by atoms with Crippen molar-refractivity contribution in [3.05, 3.63) is 0 Å². The van der Waals surface area contributed by atoms with Crippen LogP contribution in [0.4, 0.5) is 0 Å². The molecule has 0 aromatic heterocycles. The van der Waals surface area contributed by atoms with E-state index in [1.165, 1.54) is 25.8 Å². The largest absolute Gasteiger partial charge is 0.316 e. The topological polar surface area (TPSA) is 52.6 Å². The van der Waals surface area contributed by atoms with E-state index in [0.717, 1.165) is 31.8 Å². The Bertz CT molecular complexity index is 425. The average molecular weight is 317 g/mol. The fraction of sp³-hybridized carbons (Fsp3) is 1.00. The van der Waals surface area contributed by atoms with Crippen molar-refractivity contribution in [2.75, 3.05) is 45.5 Å². The maximum absolute atomic E-state index is 11.6. The molecule has 0 bridgehead atoms. The summed E-state index contributed by atoms with van der Waals surface area (Å²) in [5, 5.41) is 3.58. The first-order valence-electron chi connectivity index (χ1n) is 8.26. The van der Waals surface area contributed by atoms with Gasteiger partial charge in [-0.05, 0) is 64.6 Å². The summed E-state index contributed by atoms with van der Waals surface area (Å²) in [7, 11) is -3.02. The Kier molecular flexibility index (Phi) is 6.05. The molecule has 2 atom stereocenters. The standard InChI is InChI=1S/C15H31N3O2S/c1-13(2)17-8-6-15(11-17)10-16-9-14-5-4-7-18(12-14)21(3,19)20/h13-16H,4-12H2,1-3H3. The minimum Gasteiger partial charge on any atom is -0.316 e. The molecular weight excluding hydrogens is 286 g/mol. The molecule has 2 rings (SSSR count). The van der Waals surface area contributed by atoms with Crippen LogP contribution in [-0.4, -0.2) is 69.2 Å². The van der Waals surface area contributed by atoms with Crippen LogP contribution in [0.25, 0.3) is 0 Å². The Hall–Kier alpha value is -0.170. The van der Waals surface area contributed by atoms with Gasteiger partial charge in [-0.25, -0.2) is 12.7 Å². The zero-order valence-electron chi connectivity index (χ0n) is 13.7. The van der Waals surface area contributed by atoms with Gasteiger partial charge in [0.1, 0.15) is 0 Å². The van der Waals surface area contributed by atoms with Crippen molar-refractivity contribution in [1.82, 2.24) is 14.5 Å². The highest BCUT2D eigenvalue weighted by Gasteiger charge is 2.27. The predicted molar refractivity (Wildman–Crippen MR) is 86.8 cm³/mol. The van der Waals surface area contributed by atoms with Crippen molar-refractivity contribution in [1.29, 1.82) is 0 Å². The van der Waals surface area contributed by atoms with Crippen molar-refractivity contribution in [2.45, 2.75) is 39.2 Å². The third-order valence-corrected chi connectivity index (χ3v) is 6.13. The fourth-order valence-electron chi connectivity index (χ4n) is 3.48. The summed E-state index contributed by atoms with van der Waals surface area (Å²) < 4.78 is 24.9. The molecule has 0 aromatic carbocycles. The van der Waals surface area contributed by atoms with Crippen LogP contribution in [0.5, 0.6) is 0 Å². The van der Waals surface area contributed by atoms with Gasteiger partial charge in [0.25, 0.3) is 0 Å². The van der Waals surface area contributed by atoms with Crippen LogP contribution >= 0.6 is 0 Å². The van der Waals surface area contributed by atoms with E-state index in [4.69, 9.17) is 0 Å². The normalized spacial score (nSPS) is 29.3. The van der Waals surface area contributed by atoms with Crippen LogP contribution in [-0.2, 0) is 10.0 Å². The molecular formula is C15H31N3O2S. The van der Waals surface area contributed by atoms with Crippen LogP contribution in [0.15, 0.2) is 0 Å². The molecule has 2 unspecified atom stereocenters. The van der Waals surface area contributed by atoms with Gasteiger partial charge in [-0.15, -0.1) is 0 Å². The number of hydrogen-bond acceptors (Lipinski definition) is 4. The van der Waals surface area contributed by atoms with Crippen molar-refractivity contribution in [2.24, 2.45) is 11.8 Å². The number of piperidine rings is 1. The molecule has 124 valence electrons. The molecule has 2 fully saturated rings. The van der Waals surface area contributed by atoms with Gasteiger partial charge in [-0.3, -0.25) is 0 Å². The molecule has 2 heterocycles. The number of nitrogens with one attached hydrogen (secondary N) is 1. The van der Waals surface area contributed by atoms with Crippen LogP contribution in [0, 0.1) is 11.8 Å².